The molecule has 0 bridgehead atoms. The summed E-state index contributed by atoms with van der Waals surface area (Å²) in [7, 11) is 0. The van der Waals surface area contributed by atoms with Crippen LogP contribution in [0.2, 0.25) is 0 Å². The molecule has 0 aromatic carbocycles. The molecule has 3 heteroatoms. The molecule has 0 aromatic heterocycles. The van der Waals surface area contributed by atoms with Crippen molar-refractivity contribution in [3.8, 4) is 0 Å². The van der Waals surface area contributed by atoms with Gasteiger partial charge in [0.25, 0.3) is 0 Å². The molecule has 0 saturated carbocycles. The van der Waals surface area contributed by atoms with Gasteiger partial charge in [-0.15, -0.1) is 0 Å². The average molecular weight is 812 g/mol. The second kappa shape index (κ2) is 51.8. The summed E-state index contributed by atoms with van der Waals surface area (Å²) in [5.74, 6) is -0.0651. The summed E-state index contributed by atoms with van der Waals surface area (Å²) >= 11 is 0. The summed E-state index contributed by atoms with van der Waals surface area (Å²) in [6.07, 6.45) is 71.3. The molecule has 0 amide bonds. The van der Waals surface area contributed by atoms with Crippen LogP contribution in [0.1, 0.15) is 303 Å². The Morgan fingerprint density at radius 2 is 0.586 bits per heavy atom. The maximum absolute atomic E-state index is 12.6. The molecule has 0 saturated heterocycles. The Bertz CT molecular complexity index is 820. The molecule has 0 rings (SSSR count). The number of carbonyl (C=O) groups is 1. The Morgan fingerprint density at radius 3 is 0.879 bits per heavy atom. The molecule has 3 nitrogen and oxygen atoms in total. The Balaban J connectivity index is 4.16. The maximum Gasteiger partial charge on any atom is 0.324 e. The summed E-state index contributed by atoms with van der Waals surface area (Å²) in [6.45, 7) is 6.87. The first-order valence-electron chi connectivity index (χ1n) is 26.6. The van der Waals surface area contributed by atoms with Crippen molar-refractivity contribution < 1.29 is 9.63 Å². The van der Waals surface area contributed by atoms with Gasteiger partial charge in [0.05, 0.1) is 0 Å². The lowest BCUT2D eigenvalue weighted by Crippen LogP contribution is -2.31. The highest BCUT2D eigenvalue weighted by Crippen LogP contribution is 2.17. The van der Waals surface area contributed by atoms with Crippen LogP contribution in [0.3, 0.4) is 0 Å². The highest BCUT2D eigenvalue weighted by Gasteiger charge is 2.12. The summed E-state index contributed by atoms with van der Waals surface area (Å²) in [6, 6.07) is 0.298. The van der Waals surface area contributed by atoms with Crippen molar-refractivity contribution >= 4 is 5.97 Å². The zero-order valence-corrected chi connectivity index (χ0v) is 40.0. The van der Waals surface area contributed by atoms with Crippen molar-refractivity contribution in [2.24, 2.45) is 0 Å². The molecular weight excluding hydrogens is 707 g/mol. The molecule has 0 aliphatic rings. The number of carbonyl (C=O) groups excluding carboxylic acids is 1. The largest absolute Gasteiger partial charge is 0.370 e. The fourth-order valence-electron chi connectivity index (χ4n) is 8.08. The first-order chi connectivity index (χ1) is 28.7. The Hall–Kier alpha value is -1.35. The van der Waals surface area contributed by atoms with Crippen LogP contribution in [-0.2, 0) is 9.63 Å². The smallest absolute Gasteiger partial charge is 0.324 e. The molecule has 0 aliphatic heterocycles. The average Bonchev–Trinajstić information content (AvgIpc) is 3.23. The van der Waals surface area contributed by atoms with Crippen molar-refractivity contribution in [1.29, 1.82) is 0 Å². The van der Waals surface area contributed by atoms with E-state index in [9.17, 15) is 4.79 Å². The van der Waals surface area contributed by atoms with Crippen LogP contribution >= 0.6 is 0 Å². The summed E-state index contributed by atoms with van der Waals surface area (Å²) < 4.78 is 0. The third kappa shape index (κ3) is 49.0. The second-order valence-electron chi connectivity index (χ2n) is 18.1. The lowest BCUT2D eigenvalue weighted by Gasteiger charge is -2.18. The molecule has 58 heavy (non-hydrogen) atoms. The molecule has 342 valence electrons. The van der Waals surface area contributed by atoms with Gasteiger partial charge in [-0.2, -0.15) is 5.48 Å². The van der Waals surface area contributed by atoms with Gasteiger partial charge in [0.15, 0.2) is 0 Å². The predicted molar refractivity (Wildman–Crippen MR) is 261 cm³/mol. The normalized spacial score (nSPS) is 12.1. The molecule has 0 radical (unpaired) electrons. The van der Waals surface area contributed by atoms with Gasteiger partial charge in [-0.1, -0.05) is 237 Å². The van der Waals surface area contributed by atoms with E-state index in [1.165, 1.54) is 250 Å². The van der Waals surface area contributed by atoms with Crippen LogP contribution in [0.15, 0.2) is 36.5 Å². The van der Waals surface area contributed by atoms with Gasteiger partial charge in [0, 0.05) is 12.5 Å². The predicted octanol–water partition coefficient (Wildman–Crippen LogP) is 19.3. The first kappa shape index (κ1) is 56.6. The van der Waals surface area contributed by atoms with Crippen molar-refractivity contribution in [2.45, 2.75) is 309 Å². The SMILES string of the molecule is CCCCCCCC/C=C\CCCCCCCCC(CCCCCCCC/C=C\CCCCCCCC)NOC(=O)CCCCCCC/C=C\CCCCCCCC. The molecular formula is C55H105NO2. The molecule has 0 heterocycles. The summed E-state index contributed by atoms with van der Waals surface area (Å²) in [5, 5.41) is 0. The number of rotatable bonds is 49. The van der Waals surface area contributed by atoms with Gasteiger partial charge in [-0.3, -0.25) is 4.79 Å². The van der Waals surface area contributed by atoms with E-state index in [0.29, 0.717) is 12.5 Å². The molecule has 0 aromatic rings. The van der Waals surface area contributed by atoms with E-state index in [-0.39, 0.29) is 5.97 Å². The highest BCUT2D eigenvalue weighted by atomic mass is 16.7. The van der Waals surface area contributed by atoms with Crippen LogP contribution in [0.5, 0.6) is 0 Å². The van der Waals surface area contributed by atoms with Crippen LogP contribution in [-0.4, -0.2) is 12.0 Å². The van der Waals surface area contributed by atoms with Crippen molar-refractivity contribution in [3.63, 3.8) is 0 Å². The number of allylic oxidation sites excluding steroid dienone is 6. The zero-order valence-electron chi connectivity index (χ0n) is 40.0. The van der Waals surface area contributed by atoms with Crippen LogP contribution < -0.4 is 5.48 Å². The van der Waals surface area contributed by atoms with Crippen LogP contribution in [0, 0.1) is 0 Å². The van der Waals surface area contributed by atoms with Crippen LogP contribution in [0.4, 0.5) is 0 Å². The van der Waals surface area contributed by atoms with E-state index in [4.69, 9.17) is 4.84 Å². The van der Waals surface area contributed by atoms with Crippen molar-refractivity contribution in [3.05, 3.63) is 36.5 Å². The number of hydrogen-bond acceptors (Lipinski definition) is 3. The second-order valence-corrected chi connectivity index (χ2v) is 18.1. The standard InChI is InChI=1S/C55H105NO2/c1-4-7-10-13-16-19-22-25-28-31-33-36-39-42-45-48-51-54(52-49-46-43-40-37-34-32-29-26-23-20-17-14-11-8-5-2)56-58-55(57)53-50-47-44-41-38-35-30-27-24-21-18-15-12-9-6-3/h25-30,54,56H,4-24,31-53H2,1-3H3/b28-25-,29-26-,30-27-. The number of unbranched alkanes of at least 4 members (excludes halogenated alkanes) is 35. The molecule has 1 N–H and O–H groups in total. The summed E-state index contributed by atoms with van der Waals surface area (Å²) in [4.78, 5) is 18.3. The van der Waals surface area contributed by atoms with Gasteiger partial charge < -0.3 is 4.84 Å². The maximum atomic E-state index is 12.6. The molecule has 0 fully saturated rings. The Kier molecular flexibility index (Phi) is 50.6. The van der Waals surface area contributed by atoms with E-state index >= 15 is 0 Å². The minimum atomic E-state index is -0.0651. The quantitative estimate of drug-likeness (QED) is 0.0378. The van der Waals surface area contributed by atoms with Crippen molar-refractivity contribution in [2.75, 3.05) is 0 Å². The van der Waals surface area contributed by atoms with Gasteiger partial charge in [0.1, 0.15) is 0 Å². The lowest BCUT2D eigenvalue weighted by molar-refractivity contribution is -0.153. The fraction of sp³-hybridized carbons (Fsp3) is 0.873. The van der Waals surface area contributed by atoms with E-state index in [0.717, 1.165) is 25.7 Å². The van der Waals surface area contributed by atoms with Gasteiger partial charge >= 0.3 is 5.97 Å². The highest BCUT2D eigenvalue weighted by molar-refractivity contribution is 5.68. The molecule has 0 atom stereocenters. The van der Waals surface area contributed by atoms with E-state index in [1.807, 2.05) is 0 Å². The fourth-order valence-corrected chi connectivity index (χ4v) is 8.08. The van der Waals surface area contributed by atoms with Crippen LogP contribution in [0.25, 0.3) is 0 Å². The Labute approximate surface area is 365 Å². The monoisotopic (exact) mass is 812 g/mol. The summed E-state index contributed by atoms with van der Waals surface area (Å²) in [5.41, 5.74) is 3.25. The van der Waals surface area contributed by atoms with Gasteiger partial charge in [-0.05, 0) is 96.3 Å². The topological polar surface area (TPSA) is 38.3 Å². The molecule has 0 spiro atoms. The molecule has 0 unspecified atom stereocenters. The lowest BCUT2D eigenvalue weighted by atomic mass is 10.0. The van der Waals surface area contributed by atoms with E-state index < -0.39 is 0 Å². The minimum absolute atomic E-state index is 0.0651. The molecule has 0 aliphatic carbocycles. The van der Waals surface area contributed by atoms with Gasteiger partial charge in [0.2, 0.25) is 0 Å². The zero-order chi connectivity index (χ0) is 41.9. The number of nitrogens with one attached hydrogen (secondary N) is 1. The Morgan fingerprint density at radius 1 is 0.345 bits per heavy atom. The van der Waals surface area contributed by atoms with Crippen molar-refractivity contribution in [1.82, 2.24) is 5.48 Å². The van der Waals surface area contributed by atoms with E-state index in [2.05, 4.69) is 62.7 Å². The van der Waals surface area contributed by atoms with E-state index in [1.54, 1.807) is 0 Å². The third-order valence-electron chi connectivity index (χ3n) is 12.1. The number of hydroxylamine groups is 1. The van der Waals surface area contributed by atoms with Gasteiger partial charge in [-0.25, -0.2) is 0 Å². The minimum Gasteiger partial charge on any atom is -0.370 e. The first-order valence-corrected chi connectivity index (χ1v) is 26.6. The number of hydrogen-bond donors (Lipinski definition) is 1. The third-order valence-corrected chi connectivity index (χ3v) is 12.1.